The summed E-state index contributed by atoms with van der Waals surface area (Å²) in [4.78, 5) is 28.0. The summed E-state index contributed by atoms with van der Waals surface area (Å²) in [5.41, 5.74) is 0.458. The molecule has 2 rings (SSSR count). The molecule has 0 aromatic heterocycles. The second-order valence-corrected chi connectivity index (χ2v) is 4.22. The zero-order valence-corrected chi connectivity index (χ0v) is 9.89. The predicted molar refractivity (Wildman–Crippen MR) is 62.4 cm³/mol. The number of carbonyl (C=O) groups is 2. The van der Waals surface area contributed by atoms with Crippen LogP contribution in [0.25, 0.3) is 0 Å². The average molecular weight is 254 g/mol. The van der Waals surface area contributed by atoms with Crippen LogP contribution >= 0.6 is 11.6 Å². The van der Waals surface area contributed by atoms with Crippen LogP contribution in [0.1, 0.15) is 23.2 Å². The highest BCUT2D eigenvalue weighted by Crippen LogP contribution is 2.20. The highest BCUT2D eigenvalue weighted by atomic mass is 35.5. The van der Waals surface area contributed by atoms with Gasteiger partial charge < -0.3 is 4.84 Å². The number of halogens is 1. The Morgan fingerprint density at radius 2 is 2.00 bits per heavy atom. The van der Waals surface area contributed by atoms with Crippen LogP contribution in [0.3, 0.4) is 0 Å². The van der Waals surface area contributed by atoms with E-state index < -0.39 is 17.3 Å². The third-order valence-electron chi connectivity index (χ3n) is 2.68. The summed E-state index contributed by atoms with van der Waals surface area (Å²) < 4.78 is 0. The lowest BCUT2D eigenvalue weighted by Crippen LogP contribution is -2.35. The van der Waals surface area contributed by atoms with E-state index in [2.05, 4.69) is 0 Å². The molecule has 0 radical (unpaired) electrons. The molecule has 1 saturated heterocycles. The van der Waals surface area contributed by atoms with Crippen molar-refractivity contribution in [1.82, 2.24) is 5.06 Å². The van der Waals surface area contributed by atoms with Gasteiger partial charge in [-0.2, -0.15) is 0 Å². The first-order valence-corrected chi connectivity index (χ1v) is 5.79. The van der Waals surface area contributed by atoms with Crippen molar-refractivity contribution in [3.63, 3.8) is 0 Å². The van der Waals surface area contributed by atoms with Crippen LogP contribution in [0.2, 0.25) is 0 Å². The lowest BCUT2D eigenvalue weighted by atomic mass is 10.2. The molecule has 0 aliphatic carbocycles. The maximum atomic E-state index is 11.8. The molecule has 0 amide bonds. The monoisotopic (exact) mass is 253 g/mol. The second-order valence-electron chi connectivity index (χ2n) is 3.85. The van der Waals surface area contributed by atoms with Crippen LogP contribution in [0.5, 0.6) is 0 Å². The minimum Gasteiger partial charge on any atom is -0.363 e. The Bertz CT molecular complexity index is 421. The van der Waals surface area contributed by atoms with Gasteiger partial charge in [0.05, 0.1) is 5.56 Å². The second kappa shape index (κ2) is 5.29. The van der Waals surface area contributed by atoms with E-state index in [4.69, 9.17) is 16.4 Å². The molecule has 1 fully saturated rings. The molecule has 1 aromatic carbocycles. The first kappa shape index (κ1) is 12.1. The molecule has 1 aliphatic rings. The zero-order valence-electron chi connectivity index (χ0n) is 9.14. The van der Waals surface area contributed by atoms with Gasteiger partial charge >= 0.3 is 5.97 Å². The van der Waals surface area contributed by atoms with Gasteiger partial charge in [0.25, 0.3) is 0 Å². The Kier molecular flexibility index (Phi) is 3.76. The Balaban J connectivity index is 2.02. The summed E-state index contributed by atoms with van der Waals surface area (Å²) in [7, 11) is 0. The van der Waals surface area contributed by atoms with Crippen molar-refractivity contribution in [3.8, 4) is 0 Å². The Morgan fingerprint density at radius 3 is 2.65 bits per heavy atom. The lowest BCUT2D eigenvalue weighted by Gasteiger charge is -2.19. The molecule has 5 heteroatoms. The number of hydrogen-bond donors (Lipinski definition) is 0. The van der Waals surface area contributed by atoms with Crippen LogP contribution in [-0.4, -0.2) is 28.9 Å². The largest absolute Gasteiger partial charge is 0.363 e. The summed E-state index contributed by atoms with van der Waals surface area (Å²) >= 11 is 5.44. The van der Waals surface area contributed by atoms with E-state index in [9.17, 15) is 9.59 Å². The molecule has 0 bridgehead atoms. The van der Waals surface area contributed by atoms with Crippen LogP contribution in [0, 0.1) is 0 Å². The summed E-state index contributed by atoms with van der Waals surface area (Å²) in [6.07, 6.45) is 1.43. The Morgan fingerprint density at radius 1 is 1.29 bits per heavy atom. The minimum absolute atomic E-state index is 0.458. The molecule has 0 N–H and O–H groups in total. The van der Waals surface area contributed by atoms with E-state index in [1.54, 1.807) is 24.3 Å². The zero-order chi connectivity index (χ0) is 12.3. The van der Waals surface area contributed by atoms with E-state index in [1.807, 2.05) is 6.07 Å². The molecule has 1 aromatic rings. The normalized spacial score (nSPS) is 20.2. The van der Waals surface area contributed by atoms with Gasteiger partial charge in [-0.05, 0) is 36.6 Å². The van der Waals surface area contributed by atoms with E-state index in [1.165, 1.54) is 5.06 Å². The molecule has 4 nitrogen and oxygen atoms in total. The number of nitrogens with zero attached hydrogens (tertiary/aromatic N) is 1. The lowest BCUT2D eigenvalue weighted by molar-refractivity contribution is -0.140. The highest BCUT2D eigenvalue weighted by molar-refractivity contribution is 6.64. The first-order chi connectivity index (χ1) is 8.18. The van der Waals surface area contributed by atoms with Gasteiger partial charge in [-0.15, -0.1) is 5.06 Å². The number of benzene rings is 1. The van der Waals surface area contributed by atoms with E-state index in [0.717, 1.165) is 6.42 Å². The molecule has 0 spiro atoms. The summed E-state index contributed by atoms with van der Waals surface area (Å²) in [5, 5.41) is 0.883. The first-order valence-electron chi connectivity index (χ1n) is 5.42. The minimum atomic E-state index is -0.510. The maximum Gasteiger partial charge on any atom is 0.357 e. The number of hydrogen-bond acceptors (Lipinski definition) is 4. The fourth-order valence-electron chi connectivity index (χ4n) is 1.81. The van der Waals surface area contributed by atoms with Gasteiger partial charge in [-0.3, -0.25) is 4.79 Å². The van der Waals surface area contributed by atoms with E-state index >= 15 is 0 Å². The van der Waals surface area contributed by atoms with Crippen molar-refractivity contribution < 1.29 is 14.4 Å². The predicted octanol–water partition coefficient (Wildman–Crippen LogP) is 1.99. The van der Waals surface area contributed by atoms with Crippen molar-refractivity contribution in [2.24, 2.45) is 0 Å². The van der Waals surface area contributed by atoms with Crippen molar-refractivity contribution in [2.45, 2.75) is 18.9 Å². The fraction of sp³-hybridized carbons (Fsp3) is 0.333. The molecular weight excluding hydrogens is 242 g/mol. The van der Waals surface area contributed by atoms with Crippen molar-refractivity contribution >= 4 is 22.8 Å². The quantitative estimate of drug-likeness (QED) is 0.773. The van der Waals surface area contributed by atoms with Gasteiger partial charge in [0.1, 0.15) is 6.04 Å². The molecule has 17 heavy (non-hydrogen) atoms. The van der Waals surface area contributed by atoms with Crippen LogP contribution < -0.4 is 0 Å². The fourth-order valence-corrected chi connectivity index (χ4v) is 2.03. The molecule has 0 unspecified atom stereocenters. The van der Waals surface area contributed by atoms with Crippen LogP contribution in [-0.2, 0) is 9.63 Å². The molecular formula is C12H12ClNO3. The van der Waals surface area contributed by atoms with Gasteiger partial charge in [0.2, 0.25) is 5.24 Å². The van der Waals surface area contributed by atoms with Crippen molar-refractivity contribution in [1.29, 1.82) is 0 Å². The van der Waals surface area contributed by atoms with Crippen LogP contribution in [0.15, 0.2) is 30.3 Å². The summed E-state index contributed by atoms with van der Waals surface area (Å²) in [6, 6.07) is 8.14. The van der Waals surface area contributed by atoms with Gasteiger partial charge in [-0.25, -0.2) is 4.79 Å². The Hall–Kier alpha value is -1.39. The SMILES string of the molecule is O=C(ON1CCC[C@H]1C(=O)Cl)c1ccccc1. The average Bonchev–Trinajstić information content (AvgIpc) is 2.78. The molecule has 1 heterocycles. The standard InChI is InChI=1S/C12H12ClNO3/c13-11(15)10-7-4-8-14(10)17-12(16)9-5-2-1-3-6-9/h1-3,5-6,10H,4,7-8H2/t10-/m0/s1. The topological polar surface area (TPSA) is 46.6 Å². The van der Waals surface area contributed by atoms with E-state index in [-0.39, 0.29) is 0 Å². The third kappa shape index (κ3) is 2.84. The number of rotatable bonds is 3. The van der Waals surface area contributed by atoms with E-state index in [0.29, 0.717) is 18.5 Å². The smallest absolute Gasteiger partial charge is 0.357 e. The number of carbonyl (C=O) groups excluding carboxylic acids is 2. The Labute approximate surface area is 104 Å². The molecule has 90 valence electrons. The molecule has 1 aliphatic heterocycles. The van der Waals surface area contributed by atoms with Crippen LogP contribution in [0.4, 0.5) is 0 Å². The summed E-state index contributed by atoms with van der Waals surface area (Å²) in [5.74, 6) is -0.463. The molecule has 0 saturated carbocycles. The van der Waals surface area contributed by atoms with Gasteiger partial charge in [0.15, 0.2) is 0 Å². The summed E-state index contributed by atoms with van der Waals surface area (Å²) in [6.45, 7) is 0.543. The number of hydroxylamine groups is 2. The van der Waals surface area contributed by atoms with Crippen molar-refractivity contribution in [3.05, 3.63) is 35.9 Å². The van der Waals surface area contributed by atoms with Gasteiger partial charge in [0, 0.05) is 6.54 Å². The maximum absolute atomic E-state index is 11.8. The highest BCUT2D eigenvalue weighted by Gasteiger charge is 2.32. The van der Waals surface area contributed by atoms with Gasteiger partial charge in [-0.1, -0.05) is 18.2 Å². The third-order valence-corrected chi connectivity index (χ3v) is 2.93. The molecule has 1 atom stereocenters. The van der Waals surface area contributed by atoms with Crippen molar-refractivity contribution in [2.75, 3.05) is 6.54 Å².